The van der Waals surface area contributed by atoms with Crippen molar-refractivity contribution in [2.24, 2.45) is 5.92 Å². The standard InChI is InChI=1S/C9H16N2O2/c1-11-8(6-10-9(11)12)7-2-4-13-5-3-7/h7-8H,2-6H2,1H3,(H,10,12). The Balaban J connectivity index is 1.95. The van der Waals surface area contributed by atoms with Crippen molar-refractivity contribution in [2.45, 2.75) is 18.9 Å². The number of nitrogens with zero attached hydrogens (tertiary/aromatic N) is 1. The van der Waals surface area contributed by atoms with Gasteiger partial charge in [-0.25, -0.2) is 4.79 Å². The molecule has 0 radical (unpaired) electrons. The van der Waals surface area contributed by atoms with E-state index in [1.165, 1.54) is 0 Å². The van der Waals surface area contributed by atoms with Gasteiger partial charge >= 0.3 is 6.03 Å². The van der Waals surface area contributed by atoms with Gasteiger partial charge in [-0.05, 0) is 18.8 Å². The fourth-order valence-corrected chi connectivity index (χ4v) is 2.19. The van der Waals surface area contributed by atoms with Crippen LogP contribution in [0.25, 0.3) is 0 Å². The average Bonchev–Trinajstić information content (AvgIpc) is 2.49. The molecule has 0 aliphatic carbocycles. The summed E-state index contributed by atoms with van der Waals surface area (Å²) in [5.74, 6) is 0.623. The Morgan fingerprint density at radius 2 is 2.15 bits per heavy atom. The van der Waals surface area contributed by atoms with Gasteiger partial charge in [0.15, 0.2) is 0 Å². The summed E-state index contributed by atoms with van der Waals surface area (Å²) in [7, 11) is 1.88. The maximum atomic E-state index is 11.2. The monoisotopic (exact) mass is 184 g/mol. The highest BCUT2D eigenvalue weighted by Gasteiger charge is 2.34. The lowest BCUT2D eigenvalue weighted by atomic mass is 9.92. The molecule has 2 amide bonds. The van der Waals surface area contributed by atoms with Crippen molar-refractivity contribution in [3.63, 3.8) is 0 Å². The number of nitrogens with one attached hydrogen (secondary N) is 1. The van der Waals surface area contributed by atoms with E-state index in [4.69, 9.17) is 4.74 Å². The molecule has 74 valence electrons. The summed E-state index contributed by atoms with van der Waals surface area (Å²) in [6.07, 6.45) is 2.17. The predicted octanol–water partition coefficient (Wildman–Crippen LogP) is 0.437. The minimum Gasteiger partial charge on any atom is -0.381 e. The van der Waals surface area contributed by atoms with Gasteiger partial charge in [-0.15, -0.1) is 0 Å². The van der Waals surface area contributed by atoms with Crippen LogP contribution in [0.4, 0.5) is 4.79 Å². The van der Waals surface area contributed by atoms with Crippen LogP contribution in [-0.2, 0) is 4.74 Å². The summed E-state index contributed by atoms with van der Waals surface area (Å²) in [5.41, 5.74) is 0. The third-order valence-electron chi connectivity index (χ3n) is 3.09. The molecule has 0 aromatic rings. The minimum absolute atomic E-state index is 0.0662. The van der Waals surface area contributed by atoms with Crippen LogP contribution in [0.5, 0.6) is 0 Å². The van der Waals surface area contributed by atoms with Gasteiger partial charge in [0.05, 0.1) is 6.04 Å². The fraction of sp³-hybridized carbons (Fsp3) is 0.889. The molecule has 0 saturated carbocycles. The molecular weight excluding hydrogens is 168 g/mol. The first-order chi connectivity index (χ1) is 6.29. The summed E-state index contributed by atoms with van der Waals surface area (Å²) < 4.78 is 5.30. The first-order valence-corrected chi connectivity index (χ1v) is 4.87. The van der Waals surface area contributed by atoms with Gasteiger partial charge in [-0.2, -0.15) is 0 Å². The lowest BCUT2D eigenvalue weighted by molar-refractivity contribution is 0.0458. The Bertz CT molecular complexity index is 202. The zero-order valence-electron chi connectivity index (χ0n) is 7.95. The lowest BCUT2D eigenvalue weighted by Gasteiger charge is -2.30. The Morgan fingerprint density at radius 1 is 1.46 bits per heavy atom. The van der Waals surface area contributed by atoms with E-state index in [9.17, 15) is 4.79 Å². The first-order valence-electron chi connectivity index (χ1n) is 4.87. The molecule has 2 aliphatic heterocycles. The van der Waals surface area contributed by atoms with Crippen LogP contribution >= 0.6 is 0 Å². The number of hydrogen-bond acceptors (Lipinski definition) is 2. The third-order valence-corrected chi connectivity index (χ3v) is 3.09. The Labute approximate surface area is 78.2 Å². The summed E-state index contributed by atoms with van der Waals surface area (Å²) in [6, 6.07) is 0.452. The van der Waals surface area contributed by atoms with Crippen molar-refractivity contribution < 1.29 is 9.53 Å². The molecule has 0 aromatic carbocycles. The fourth-order valence-electron chi connectivity index (χ4n) is 2.19. The number of rotatable bonds is 1. The van der Waals surface area contributed by atoms with Gasteiger partial charge in [0.1, 0.15) is 0 Å². The zero-order valence-corrected chi connectivity index (χ0v) is 7.95. The molecule has 4 nitrogen and oxygen atoms in total. The van der Waals surface area contributed by atoms with Gasteiger partial charge in [0.2, 0.25) is 0 Å². The normalized spacial score (nSPS) is 30.7. The van der Waals surface area contributed by atoms with Crippen molar-refractivity contribution in [3.05, 3.63) is 0 Å². The molecule has 4 heteroatoms. The lowest BCUT2D eigenvalue weighted by Crippen LogP contribution is -2.38. The molecule has 2 rings (SSSR count). The van der Waals surface area contributed by atoms with E-state index in [0.717, 1.165) is 32.6 Å². The molecule has 1 N–H and O–H groups in total. The van der Waals surface area contributed by atoms with Gasteiger partial charge in [-0.1, -0.05) is 0 Å². The van der Waals surface area contributed by atoms with Crippen molar-refractivity contribution in [3.8, 4) is 0 Å². The Kier molecular flexibility index (Phi) is 2.40. The number of hydrogen-bond donors (Lipinski definition) is 1. The van der Waals surface area contributed by atoms with Crippen LogP contribution in [-0.4, -0.2) is 43.8 Å². The van der Waals surface area contributed by atoms with Gasteiger partial charge in [0.25, 0.3) is 0 Å². The highest BCUT2D eigenvalue weighted by Crippen LogP contribution is 2.23. The third kappa shape index (κ3) is 1.63. The van der Waals surface area contributed by atoms with E-state index in [0.29, 0.717) is 12.0 Å². The summed E-state index contributed by atoms with van der Waals surface area (Å²) in [4.78, 5) is 13.0. The van der Waals surface area contributed by atoms with Crippen LogP contribution in [0.15, 0.2) is 0 Å². The van der Waals surface area contributed by atoms with E-state index in [2.05, 4.69) is 5.32 Å². The van der Waals surface area contributed by atoms with Crippen molar-refractivity contribution in [2.75, 3.05) is 26.8 Å². The van der Waals surface area contributed by atoms with Gasteiger partial charge < -0.3 is 15.0 Å². The molecule has 0 spiro atoms. The average molecular weight is 184 g/mol. The summed E-state index contributed by atoms with van der Waals surface area (Å²) in [5, 5.41) is 2.86. The summed E-state index contributed by atoms with van der Waals surface area (Å²) in [6.45, 7) is 2.51. The Morgan fingerprint density at radius 3 is 2.69 bits per heavy atom. The molecule has 2 fully saturated rings. The SMILES string of the molecule is CN1C(=O)NCC1C1CCOCC1. The van der Waals surface area contributed by atoms with Crippen LogP contribution in [0.3, 0.4) is 0 Å². The highest BCUT2D eigenvalue weighted by molar-refractivity contribution is 5.76. The van der Waals surface area contributed by atoms with E-state index in [-0.39, 0.29) is 6.03 Å². The van der Waals surface area contributed by atoms with Crippen molar-refractivity contribution in [1.29, 1.82) is 0 Å². The largest absolute Gasteiger partial charge is 0.381 e. The van der Waals surface area contributed by atoms with E-state index in [1.54, 1.807) is 0 Å². The molecule has 2 saturated heterocycles. The van der Waals surface area contributed by atoms with Crippen molar-refractivity contribution >= 4 is 6.03 Å². The number of carbonyl (C=O) groups excluding carboxylic acids is 1. The number of carbonyl (C=O) groups is 1. The molecule has 0 aromatic heterocycles. The second-order valence-corrected chi connectivity index (χ2v) is 3.81. The van der Waals surface area contributed by atoms with Crippen LogP contribution in [0.2, 0.25) is 0 Å². The van der Waals surface area contributed by atoms with Gasteiger partial charge in [-0.3, -0.25) is 0 Å². The van der Waals surface area contributed by atoms with Gasteiger partial charge in [0, 0.05) is 26.8 Å². The molecule has 1 atom stereocenters. The topological polar surface area (TPSA) is 41.6 Å². The molecule has 13 heavy (non-hydrogen) atoms. The number of likely N-dealkylation sites (N-methyl/N-ethyl adjacent to an activating group) is 1. The van der Waals surface area contributed by atoms with E-state index < -0.39 is 0 Å². The summed E-state index contributed by atoms with van der Waals surface area (Å²) >= 11 is 0. The second kappa shape index (κ2) is 3.54. The predicted molar refractivity (Wildman–Crippen MR) is 48.5 cm³/mol. The molecule has 1 unspecified atom stereocenters. The second-order valence-electron chi connectivity index (χ2n) is 3.81. The van der Waals surface area contributed by atoms with Crippen LogP contribution in [0, 0.1) is 5.92 Å². The van der Waals surface area contributed by atoms with Crippen LogP contribution < -0.4 is 5.32 Å². The maximum Gasteiger partial charge on any atom is 0.317 e. The zero-order chi connectivity index (χ0) is 9.26. The Hall–Kier alpha value is -0.770. The van der Waals surface area contributed by atoms with Crippen LogP contribution in [0.1, 0.15) is 12.8 Å². The van der Waals surface area contributed by atoms with E-state index in [1.807, 2.05) is 11.9 Å². The molecule has 2 aliphatic rings. The number of ether oxygens (including phenoxy) is 1. The number of urea groups is 1. The maximum absolute atomic E-state index is 11.2. The smallest absolute Gasteiger partial charge is 0.317 e. The quantitative estimate of drug-likeness (QED) is 0.642. The minimum atomic E-state index is 0.0662. The molecular formula is C9H16N2O2. The number of amides is 2. The van der Waals surface area contributed by atoms with Crippen molar-refractivity contribution in [1.82, 2.24) is 10.2 Å². The highest BCUT2D eigenvalue weighted by atomic mass is 16.5. The molecule has 2 heterocycles. The molecule has 0 bridgehead atoms. The first kappa shape index (κ1) is 8.81. The van der Waals surface area contributed by atoms with E-state index >= 15 is 0 Å².